The van der Waals surface area contributed by atoms with Gasteiger partial charge in [-0.15, -0.1) is 0 Å². The van der Waals surface area contributed by atoms with Crippen LogP contribution in [-0.4, -0.2) is 22.9 Å². The summed E-state index contributed by atoms with van der Waals surface area (Å²) in [6, 6.07) is 11.1. The Morgan fingerprint density at radius 1 is 1.13 bits per heavy atom. The molecule has 0 bridgehead atoms. The van der Waals surface area contributed by atoms with Gasteiger partial charge < -0.3 is 15.8 Å². The van der Waals surface area contributed by atoms with Crippen LogP contribution in [0.15, 0.2) is 48.7 Å². The minimum absolute atomic E-state index is 0.000464. The molecule has 0 fully saturated rings. The second-order valence-electron chi connectivity index (χ2n) is 5.27. The fourth-order valence-corrected chi connectivity index (χ4v) is 2.00. The maximum absolute atomic E-state index is 12.3. The number of hydrogen-bond acceptors (Lipinski definition) is 4. The first-order valence-corrected chi connectivity index (χ1v) is 7.25. The van der Waals surface area contributed by atoms with E-state index in [0.717, 1.165) is 0 Å². The van der Waals surface area contributed by atoms with Crippen LogP contribution in [-0.2, 0) is 4.79 Å². The van der Waals surface area contributed by atoms with Crippen LogP contribution in [0.4, 0.5) is 0 Å². The normalized spacial score (nSPS) is 11.8. The number of carbonyl (C=O) groups excluding carboxylic acids is 2. The van der Waals surface area contributed by atoms with E-state index in [4.69, 9.17) is 10.5 Å². The van der Waals surface area contributed by atoms with E-state index < -0.39 is 17.9 Å². The minimum atomic E-state index is -0.893. The SMILES string of the molecule is CC(C)Oc1ccc(C(=O)N[C@@H](C(N)=O)c2ccccc2)cn1. The van der Waals surface area contributed by atoms with E-state index in [1.807, 2.05) is 19.9 Å². The number of amides is 2. The summed E-state index contributed by atoms with van der Waals surface area (Å²) in [5, 5.41) is 2.61. The largest absolute Gasteiger partial charge is 0.475 e. The molecule has 0 saturated heterocycles. The minimum Gasteiger partial charge on any atom is -0.475 e. The smallest absolute Gasteiger partial charge is 0.253 e. The molecule has 1 aromatic carbocycles. The second-order valence-corrected chi connectivity index (χ2v) is 5.27. The summed E-state index contributed by atoms with van der Waals surface area (Å²) in [5.74, 6) is -0.621. The van der Waals surface area contributed by atoms with E-state index in [1.54, 1.807) is 36.4 Å². The van der Waals surface area contributed by atoms with Gasteiger partial charge in [0.1, 0.15) is 6.04 Å². The highest BCUT2D eigenvalue weighted by atomic mass is 16.5. The number of rotatable bonds is 6. The van der Waals surface area contributed by atoms with Gasteiger partial charge in [-0.1, -0.05) is 30.3 Å². The van der Waals surface area contributed by atoms with Gasteiger partial charge in [-0.3, -0.25) is 9.59 Å². The molecule has 2 amide bonds. The summed E-state index contributed by atoms with van der Waals surface area (Å²) in [6.07, 6.45) is 1.40. The van der Waals surface area contributed by atoms with Crippen LogP contribution in [0.25, 0.3) is 0 Å². The Balaban J connectivity index is 2.11. The lowest BCUT2D eigenvalue weighted by molar-refractivity contribution is -0.120. The molecule has 0 aliphatic carbocycles. The zero-order valence-corrected chi connectivity index (χ0v) is 13.0. The van der Waals surface area contributed by atoms with Crippen molar-refractivity contribution in [2.75, 3.05) is 0 Å². The number of pyridine rings is 1. The predicted molar refractivity (Wildman–Crippen MR) is 85.8 cm³/mol. The Morgan fingerprint density at radius 3 is 2.35 bits per heavy atom. The first kappa shape index (κ1) is 16.5. The summed E-state index contributed by atoms with van der Waals surface area (Å²) in [7, 11) is 0. The van der Waals surface area contributed by atoms with Gasteiger partial charge in [0.25, 0.3) is 5.91 Å². The van der Waals surface area contributed by atoms with Crippen molar-refractivity contribution >= 4 is 11.8 Å². The van der Waals surface area contributed by atoms with E-state index in [1.165, 1.54) is 6.20 Å². The molecule has 0 radical (unpaired) electrons. The Labute approximate surface area is 134 Å². The number of carbonyl (C=O) groups is 2. The van der Waals surface area contributed by atoms with E-state index >= 15 is 0 Å². The fourth-order valence-electron chi connectivity index (χ4n) is 2.00. The summed E-state index contributed by atoms with van der Waals surface area (Å²) >= 11 is 0. The lowest BCUT2D eigenvalue weighted by Crippen LogP contribution is -2.37. The molecule has 0 saturated carbocycles. The molecular weight excluding hydrogens is 294 g/mol. The van der Waals surface area contributed by atoms with Crippen molar-refractivity contribution in [1.29, 1.82) is 0 Å². The highest BCUT2D eigenvalue weighted by Crippen LogP contribution is 2.14. The van der Waals surface area contributed by atoms with Crippen LogP contribution in [0.5, 0.6) is 5.88 Å². The molecule has 1 aromatic heterocycles. The van der Waals surface area contributed by atoms with Gasteiger partial charge in [0.15, 0.2) is 0 Å². The molecule has 2 aromatic rings. The molecule has 23 heavy (non-hydrogen) atoms. The Hall–Kier alpha value is -2.89. The van der Waals surface area contributed by atoms with Crippen molar-refractivity contribution in [1.82, 2.24) is 10.3 Å². The standard InChI is InChI=1S/C17H19N3O3/c1-11(2)23-14-9-8-13(10-19-14)17(22)20-15(16(18)21)12-6-4-3-5-7-12/h3-11,15H,1-2H3,(H2,18,21)(H,20,22)/t15-/m1/s1. The molecule has 0 unspecified atom stereocenters. The highest BCUT2D eigenvalue weighted by molar-refractivity contribution is 5.97. The number of nitrogens with zero attached hydrogens (tertiary/aromatic N) is 1. The van der Waals surface area contributed by atoms with Gasteiger partial charge in [-0.2, -0.15) is 0 Å². The lowest BCUT2D eigenvalue weighted by Gasteiger charge is -2.16. The number of aromatic nitrogens is 1. The van der Waals surface area contributed by atoms with Gasteiger partial charge in [-0.05, 0) is 25.5 Å². The first-order valence-electron chi connectivity index (χ1n) is 7.25. The number of nitrogens with one attached hydrogen (secondary N) is 1. The van der Waals surface area contributed by atoms with Gasteiger partial charge in [0.2, 0.25) is 11.8 Å². The zero-order valence-electron chi connectivity index (χ0n) is 13.0. The number of ether oxygens (including phenoxy) is 1. The van der Waals surface area contributed by atoms with Crippen molar-refractivity contribution in [3.8, 4) is 5.88 Å². The molecular formula is C17H19N3O3. The number of hydrogen-bond donors (Lipinski definition) is 2. The zero-order chi connectivity index (χ0) is 16.8. The summed E-state index contributed by atoms with van der Waals surface area (Å²) in [6.45, 7) is 3.78. The average Bonchev–Trinajstić information content (AvgIpc) is 2.53. The van der Waals surface area contributed by atoms with Gasteiger partial charge in [0, 0.05) is 12.3 Å². The molecule has 3 N–H and O–H groups in total. The molecule has 6 heteroatoms. The van der Waals surface area contributed by atoms with Crippen LogP contribution in [0.2, 0.25) is 0 Å². The Bertz CT molecular complexity index is 669. The maximum atomic E-state index is 12.3. The van der Waals surface area contributed by atoms with Crippen LogP contribution in [0, 0.1) is 0 Å². The van der Waals surface area contributed by atoms with Crippen molar-refractivity contribution < 1.29 is 14.3 Å². The summed E-state index contributed by atoms with van der Waals surface area (Å²) in [5.41, 5.74) is 6.33. The molecule has 120 valence electrons. The van der Waals surface area contributed by atoms with Crippen molar-refractivity contribution in [3.05, 3.63) is 59.8 Å². The van der Waals surface area contributed by atoms with Crippen molar-refractivity contribution in [2.24, 2.45) is 5.73 Å². The maximum Gasteiger partial charge on any atom is 0.253 e. The van der Waals surface area contributed by atoms with Gasteiger partial charge in [0.05, 0.1) is 11.7 Å². The summed E-state index contributed by atoms with van der Waals surface area (Å²) in [4.78, 5) is 27.9. The molecule has 0 spiro atoms. The molecule has 0 aliphatic heterocycles. The number of benzene rings is 1. The summed E-state index contributed by atoms with van der Waals surface area (Å²) < 4.78 is 5.42. The molecule has 0 aliphatic rings. The third-order valence-electron chi connectivity index (χ3n) is 3.05. The topological polar surface area (TPSA) is 94.3 Å². The van der Waals surface area contributed by atoms with Gasteiger partial charge in [-0.25, -0.2) is 4.98 Å². The van der Waals surface area contributed by atoms with E-state index in [2.05, 4.69) is 10.3 Å². The molecule has 1 atom stereocenters. The van der Waals surface area contributed by atoms with Gasteiger partial charge >= 0.3 is 0 Å². The lowest BCUT2D eigenvalue weighted by atomic mass is 10.1. The monoisotopic (exact) mass is 313 g/mol. The third kappa shape index (κ3) is 4.54. The van der Waals surface area contributed by atoms with Crippen LogP contribution in [0.1, 0.15) is 35.8 Å². The average molecular weight is 313 g/mol. The van der Waals surface area contributed by atoms with E-state index in [-0.39, 0.29) is 6.10 Å². The highest BCUT2D eigenvalue weighted by Gasteiger charge is 2.20. The molecule has 2 rings (SSSR count). The third-order valence-corrected chi connectivity index (χ3v) is 3.05. The van der Waals surface area contributed by atoms with E-state index in [9.17, 15) is 9.59 Å². The molecule has 6 nitrogen and oxygen atoms in total. The second kappa shape index (κ2) is 7.40. The number of nitrogens with two attached hydrogens (primary N) is 1. The van der Waals surface area contributed by atoms with Crippen molar-refractivity contribution in [2.45, 2.75) is 26.0 Å². The Kier molecular flexibility index (Phi) is 5.30. The van der Waals surface area contributed by atoms with Crippen LogP contribution in [0.3, 0.4) is 0 Å². The van der Waals surface area contributed by atoms with Crippen LogP contribution < -0.4 is 15.8 Å². The predicted octanol–water partition coefficient (Wildman–Crippen LogP) is 1.83. The Morgan fingerprint density at radius 2 is 1.83 bits per heavy atom. The quantitative estimate of drug-likeness (QED) is 0.850. The first-order chi connectivity index (χ1) is 11.0. The van der Waals surface area contributed by atoms with Crippen molar-refractivity contribution in [3.63, 3.8) is 0 Å². The molecule has 1 heterocycles. The van der Waals surface area contributed by atoms with E-state index in [0.29, 0.717) is 17.0 Å². The number of primary amides is 1. The van der Waals surface area contributed by atoms with Crippen LogP contribution >= 0.6 is 0 Å². The fraction of sp³-hybridized carbons (Fsp3) is 0.235.